The van der Waals surface area contributed by atoms with Crippen LogP contribution in [0.4, 0.5) is 0 Å². The van der Waals surface area contributed by atoms with Gasteiger partial charge in [-0.3, -0.25) is 9.13 Å². The number of rotatable bonds is 3. The van der Waals surface area contributed by atoms with Crippen LogP contribution >= 0.6 is 7.60 Å². The van der Waals surface area contributed by atoms with Crippen LogP contribution in [-0.2, 0) is 9.30 Å². The summed E-state index contributed by atoms with van der Waals surface area (Å²) in [4.78, 5) is 29.2. The van der Waals surface area contributed by atoms with Crippen LogP contribution in [0, 0.1) is 0 Å². The number of ether oxygens (including phenoxy) is 1. The largest absolute Gasteiger partial charge is 0.492 e. The van der Waals surface area contributed by atoms with Crippen molar-refractivity contribution in [3.63, 3.8) is 0 Å². The molecule has 1 aliphatic rings. The van der Waals surface area contributed by atoms with Gasteiger partial charge in [-0.05, 0) is 0 Å². The lowest BCUT2D eigenvalue weighted by molar-refractivity contribution is -0.0664. The minimum atomic E-state index is -4.96. The van der Waals surface area contributed by atoms with Crippen molar-refractivity contribution in [1.82, 2.24) is 19.5 Å². The summed E-state index contributed by atoms with van der Waals surface area (Å²) in [5.74, 6) is -2.72. The van der Waals surface area contributed by atoms with E-state index in [-0.39, 0.29) is 11.2 Å². The van der Waals surface area contributed by atoms with Crippen molar-refractivity contribution in [3.8, 4) is 5.88 Å². The van der Waals surface area contributed by atoms with Gasteiger partial charge < -0.3 is 34.9 Å². The van der Waals surface area contributed by atoms with E-state index < -0.39 is 43.9 Å². The van der Waals surface area contributed by atoms with Gasteiger partial charge in [-0.2, -0.15) is 4.98 Å². The van der Waals surface area contributed by atoms with Crippen LogP contribution in [0.5, 0.6) is 5.88 Å². The fourth-order valence-electron chi connectivity index (χ4n) is 2.38. The zero-order valence-corrected chi connectivity index (χ0v) is 12.2. The fourth-order valence-corrected chi connectivity index (χ4v) is 3.01. The van der Waals surface area contributed by atoms with Crippen molar-refractivity contribution in [2.45, 2.75) is 30.4 Å². The molecule has 0 bridgehead atoms. The second kappa shape index (κ2) is 5.46. The molecular formula is C10H13N4O8P. The Bertz CT molecular complexity index is 777. The topological polar surface area (TPSA) is 191 Å². The molecule has 0 aliphatic carbocycles. The molecule has 3 heterocycles. The third-order valence-corrected chi connectivity index (χ3v) is 4.51. The van der Waals surface area contributed by atoms with Gasteiger partial charge in [-0.25, -0.2) is 9.97 Å². The number of fused-ring (bicyclic) bond motifs is 1. The molecule has 12 nitrogen and oxygen atoms in total. The number of aliphatic hydroxyl groups is 3. The number of aromatic hydroxyl groups is 1. The summed E-state index contributed by atoms with van der Waals surface area (Å²) >= 11 is 0. The number of aliphatic hydroxyl groups excluding tert-OH is 3. The molecule has 0 unspecified atom stereocenters. The highest BCUT2D eigenvalue weighted by Crippen LogP contribution is 2.46. The van der Waals surface area contributed by atoms with Crippen molar-refractivity contribution < 1.29 is 39.5 Å². The monoisotopic (exact) mass is 348 g/mol. The highest BCUT2D eigenvalue weighted by Gasteiger charge is 2.51. The zero-order valence-electron chi connectivity index (χ0n) is 11.3. The molecule has 13 heteroatoms. The fraction of sp³-hybridized carbons (Fsp3) is 0.500. The molecular weight excluding hydrogens is 335 g/mol. The summed E-state index contributed by atoms with van der Waals surface area (Å²) in [6.07, 6.45) is -4.23. The zero-order chi connectivity index (χ0) is 16.9. The Kier molecular flexibility index (Phi) is 3.84. The molecule has 126 valence electrons. The van der Waals surface area contributed by atoms with Crippen molar-refractivity contribution in [2.24, 2.45) is 0 Å². The number of hydrogen-bond acceptors (Lipinski definition) is 9. The second-order valence-corrected chi connectivity index (χ2v) is 6.70. The second-order valence-electron chi connectivity index (χ2n) is 5.00. The number of imidazole rings is 1. The summed E-state index contributed by atoms with van der Waals surface area (Å²) in [5.41, 5.74) is 0.0804. The molecule has 0 radical (unpaired) electrons. The van der Waals surface area contributed by atoms with E-state index in [1.165, 1.54) is 0 Å². The molecule has 0 spiro atoms. The third kappa shape index (κ3) is 2.60. The maximum atomic E-state index is 11.1. The van der Waals surface area contributed by atoms with Crippen molar-refractivity contribution in [1.29, 1.82) is 0 Å². The first-order chi connectivity index (χ1) is 10.7. The van der Waals surface area contributed by atoms with Crippen LogP contribution in [0.25, 0.3) is 11.2 Å². The van der Waals surface area contributed by atoms with Gasteiger partial charge >= 0.3 is 7.60 Å². The Balaban J connectivity index is 1.97. The van der Waals surface area contributed by atoms with Gasteiger partial charge in [0.1, 0.15) is 24.6 Å². The minimum Gasteiger partial charge on any atom is -0.492 e. The van der Waals surface area contributed by atoms with Gasteiger partial charge in [-0.1, -0.05) is 0 Å². The normalized spacial score (nSPS) is 30.0. The predicted octanol–water partition coefficient (Wildman–Crippen LogP) is -2.35. The van der Waals surface area contributed by atoms with Gasteiger partial charge in [0.15, 0.2) is 23.2 Å². The first-order valence-corrected chi connectivity index (χ1v) is 8.01. The van der Waals surface area contributed by atoms with E-state index in [2.05, 4.69) is 15.0 Å². The van der Waals surface area contributed by atoms with Gasteiger partial charge in [0.05, 0.1) is 6.33 Å². The molecule has 23 heavy (non-hydrogen) atoms. The van der Waals surface area contributed by atoms with E-state index in [0.29, 0.717) is 0 Å². The standard InChI is InChI=1S/C10H13N4O8P/c15-4-5(16)9(22-6(4)10(18)23(19,20)21)14-2-13-3-7(14)11-1-12-8(3)17/h1-2,4-6,9-10,15-16,18H,(H,11,12,17)(H2,19,20,21)/t4-,5+,6-,9+,10+/m0/s1. The van der Waals surface area contributed by atoms with Crippen molar-refractivity contribution in [2.75, 3.05) is 0 Å². The van der Waals surface area contributed by atoms with Gasteiger partial charge in [0.25, 0.3) is 0 Å². The van der Waals surface area contributed by atoms with Crippen LogP contribution in [-0.4, -0.2) is 73.9 Å². The van der Waals surface area contributed by atoms with E-state index in [1.54, 1.807) is 0 Å². The maximum Gasteiger partial charge on any atom is 0.356 e. The number of aromatic nitrogens is 4. The first-order valence-electron chi connectivity index (χ1n) is 6.33. The van der Waals surface area contributed by atoms with E-state index >= 15 is 0 Å². The average molecular weight is 348 g/mol. The number of hydrogen-bond donors (Lipinski definition) is 6. The Labute approximate surface area is 127 Å². The summed E-state index contributed by atoms with van der Waals surface area (Å²) in [5, 5.41) is 39.1. The average Bonchev–Trinajstić information content (AvgIpc) is 3.02. The highest BCUT2D eigenvalue weighted by molar-refractivity contribution is 7.52. The predicted molar refractivity (Wildman–Crippen MR) is 71.0 cm³/mol. The molecule has 0 aromatic carbocycles. The summed E-state index contributed by atoms with van der Waals surface area (Å²) in [6.45, 7) is 0. The first kappa shape index (κ1) is 16.2. The molecule has 0 amide bonds. The van der Waals surface area contributed by atoms with Gasteiger partial charge in [0.2, 0.25) is 5.88 Å². The van der Waals surface area contributed by atoms with E-state index in [9.17, 15) is 25.0 Å². The van der Waals surface area contributed by atoms with Crippen molar-refractivity contribution in [3.05, 3.63) is 12.7 Å². The molecule has 2 aromatic rings. The molecule has 2 aromatic heterocycles. The van der Waals surface area contributed by atoms with Crippen LogP contribution in [0.15, 0.2) is 12.7 Å². The molecule has 6 N–H and O–H groups in total. The lowest BCUT2D eigenvalue weighted by Crippen LogP contribution is -2.38. The summed E-state index contributed by atoms with van der Waals surface area (Å²) in [6, 6.07) is 0. The third-order valence-electron chi connectivity index (χ3n) is 3.53. The molecule has 1 saturated heterocycles. The summed E-state index contributed by atoms with van der Waals surface area (Å²) < 4.78 is 17.5. The lowest BCUT2D eigenvalue weighted by Gasteiger charge is -2.21. The molecule has 1 fully saturated rings. The molecule has 5 atom stereocenters. The maximum absolute atomic E-state index is 11.1. The van der Waals surface area contributed by atoms with E-state index in [1.807, 2.05) is 0 Å². The Hall–Kier alpha value is -1.66. The molecule has 3 rings (SSSR count). The highest BCUT2D eigenvalue weighted by atomic mass is 31.2. The van der Waals surface area contributed by atoms with E-state index in [4.69, 9.17) is 14.5 Å². The van der Waals surface area contributed by atoms with Gasteiger partial charge in [0, 0.05) is 0 Å². The Morgan fingerprint density at radius 2 is 1.91 bits per heavy atom. The summed E-state index contributed by atoms with van der Waals surface area (Å²) in [7, 11) is -4.96. The lowest BCUT2D eigenvalue weighted by atomic mass is 10.1. The Morgan fingerprint density at radius 1 is 1.22 bits per heavy atom. The van der Waals surface area contributed by atoms with Crippen LogP contribution in [0.1, 0.15) is 6.23 Å². The Morgan fingerprint density at radius 3 is 2.57 bits per heavy atom. The molecule has 0 saturated carbocycles. The minimum absolute atomic E-state index is 0.0109. The van der Waals surface area contributed by atoms with Crippen LogP contribution in [0.2, 0.25) is 0 Å². The van der Waals surface area contributed by atoms with Crippen LogP contribution in [0.3, 0.4) is 0 Å². The van der Waals surface area contributed by atoms with Gasteiger partial charge in [-0.15, -0.1) is 0 Å². The smallest absolute Gasteiger partial charge is 0.356 e. The van der Waals surface area contributed by atoms with Crippen LogP contribution < -0.4 is 0 Å². The number of nitrogens with zero attached hydrogens (tertiary/aromatic N) is 4. The molecule has 1 aliphatic heterocycles. The quantitative estimate of drug-likeness (QED) is 0.325. The SMILES string of the molecule is O=P(O)(O)[C@@H](O)[C@H]1O[C@@H](n2cnc3c(O)ncnc32)[C@H](O)[C@@H]1O. The van der Waals surface area contributed by atoms with Crippen molar-refractivity contribution >= 4 is 18.8 Å². The van der Waals surface area contributed by atoms with E-state index in [0.717, 1.165) is 17.2 Å².